The van der Waals surface area contributed by atoms with Crippen LogP contribution in [-0.2, 0) is 28.7 Å². The van der Waals surface area contributed by atoms with Crippen LogP contribution in [-0.4, -0.2) is 23.9 Å². The topological polar surface area (TPSA) is 86.7 Å². The third-order valence-corrected chi connectivity index (χ3v) is 3.24. The summed E-state index contributed by atoms with van der Waals surface area (Å²) in [5, 5.41) is 0. The van der Waals surface area contributed by atoms with Crippen molar-refractivity contribution in [3.8, 4) is 0 Å². The van der Waals surface area contributed by atoms with Crippen molar-refractivity contribution in [1.82, 2.24) is 0 Å². The molecule has 0 saturated carbocycles. The smallest absolute Gasteiger partial charge is 0.320 e. The SMILES string of the molecule is CCC1(CC)CC(=O)OC(=O)CCC(=O)OC1=O. The quantitative estimate of drug-likeness (QED) is 0.543. The van der Waals surface area contributed by atoms with E-state index in [-0.39, 0.29) is 19.3 Å². The Morgan fingerprint density at radius 2 is 1.39 bits per heavy atom. The van der Waals surface area contributed by atoms with Crippen molar-refractivity contribution in [3.63, 3.8) is 0 Å². The molecule has 0 aliphatic carbocycles. The number of hydrogen-bond acceptors (Lipinski definition) is 6. The van der Waals surface area contributed by atoms with E-state index in [9.17, 15) is 19.2 Å². The van der Waals surface area contributed by atoms with E-state index in [1.54, 1.807) is 13.8 Å². The minimum atomic E-state index is -1.09. The number of hydrogen-bond donors (Lipinski definition) is 0. The summed E-state index contributed by atoms with van der Waals surface area (Å²) < 4.78 is 9.23. The summed E-state index contributed by atoms with van der Waals surface area (Å²) in [6.07, 6.45) is -0.111. The maximum atomic E-state index is 11.9. The van der Waals surface area contributed by atoms with Gasteiger partial charge in [0.15, 0.2) is 0 Å². The Kier molecular flexibility index (Phi) is 4.58. The molecule has 100 valence electrons. The van der Waals surface area contributed by atoms with Crippen LogP contribution < -0.4 is 0 Å². The number of carbonyl (C=O) groups excluding carboxylic acids is 4. The van der Waals surface area contributed by atoms with Crippen molar-refractivity contribution in [1.29, 1.82) is 0 Å². The first-order valence-corrected chi connectivity index (χ1v) is 5.92. The third-order valence-electron chi connectivity index (χ3n) is 3.24. The molecule has 0 spiro atoms. The van der Waals surface area contributed by atoms with E-state index in [4.69, 9.17) is 0 Å². The predicted molar refractivity (Wildman–Crippen MR) is 59.1 cm³/mol. The van der Waals surface area contributed by atoms with Crippen molar-refractivity contribution in [2.45, 2.75) is 46.0 Å². The molecule has 1 fully saturated rings. The summed E-state index contributed by atoms with van der Waals surface area (Å²) in [5.41, 5.74) is -1.09. The summed E-state index contributed by atoms with van der Waals surface area (Å²) in [6, 6.07) is 0. The second kappa shape index (κ2) is 5.75. The van der Waals surface area contributed by atoms with E-state index in [1.807, 2.05) is 0 Å². The Balaban J connectivity index is 3.00. The van der Waals surface area contributed by atoms with Crippen LogP contribution in [0.3, 0.4) is 0 Å². The summed E-state index contributed by atoms with van der Waals surface area (Å²) >= 11 is 0. The van der Waals surface area contributed by atoms with Crippen molar-refractivity contribution in [2.24, 2.45) is 5.41 Å². The highest BCUT2D eigenvalue weighted by Gasteiger charge is 2.41. The van der Waals surface area contributed by atoms with Crippen molar-refractivity contribution < 1.29 is 28.7 Å². The Bertz CT molecular complexity index is 380. The fourth-order valence-electron chi connectivity index (χ4n) is 1.82. The van der Waals surface area contributed by atoms with Gasteiger partial charge in [0.25, 0.3) is 0 Å². The lowest BCUT2D eigenvalue weighted by molar-refractivity contribution is -0.176. The largest absolute Gasteiger partial charge is 0.393 e. The Hall–Kier alpha value is -1.72. The molecule has 1 heterocycles. The molecule has 1 aliphatic rings. The van der Waals surface area contributed by atoms with Crippen LogP contribution in [0.25, 0.3) is 0 Å². The number of carbonyl (C=O) groups is 4. The predicted octanol–water partition coefficient (Wildman–Crippen LogP) is 1.12. The van der Waals surface area contributed by atoms with Crippen LogP contribution in [0.2, 0.25) is 0 Å². The van der Waals surface area contributed by atoms with Gasteiger partial charge in [-0.15, -0.1) is 0 Å². The average molecular weight is 256 g/mol. The van der Waals surface area contributed by atoms with Crippen LogP contribution in [0.1, 0.15) is 46.0 Å². The van der Waals surface area contributed by atoms with Crippen molar-refractivity contribution in [3.05, 3.63) is 0 Å². The molecular weight excluding hydrogens is 240 g/mol. The van der Waals surface area contributed by atoms with Crippen molar-refractivity contribution in [2.75, 3.05) is 0 Å². The van der Waals surface area contributed by atoms with Crippen LogP contribution >= 0.6 is 0 Å². The normalized spacial score (nSPS) is 21.2. The van der Waals surface area contributed by atoms with Gasteiger partial charge in [0.1, 0.15) is 0 Å². The molecule has 0 bridgehead atoms. The number of esters is 4. The van der Waals surface area contributed by atoms with Gasteiger partial charge in [0.05, 0.1) is 24.7 Å². The molecule has 1 saturated heterocycles. The summed E-state index contributed by atoms with van der Waals surface area (Å²) in [7, 11) is 0. The fourth-order valence-corrected chi connectivity index (χ4v) is 1.82. The first kappa shape index (κ1) is 14.3. The standard InChI is InChI=1S/C12H16O6/c1-3-12(4-2)7-10(15)17-8(13)5-6-9(14)18-11(12)16/h3-7H2,1-2H3. The van der Waals surface area contributed by atoms with Gasteiger partial charge in [-0.2, -0.15) is 0 Å². The molecule has 0 radical (unpaired) electrons. The molecule has 0 unspecified atom stereocenters. The Morgan fingerprint density at radius 1 is 0.889 bits per heavy atom. The van der Waals surface area contributed by atoms with Crippen LogP contribution in [0.15, 0.2) is 0 Å². The zero-order valence-electron chi connectivity index (χ0n) is 10.5. The number of cyclic esters (lactones) is 4. The average Bonchev–Trinajstić information content (AvgIpc) is 2.32. The molecule has 6 heteroatoms. The summed E-state index contributed by atoms with van der Waals surface area (Å²) in [4.78, 5) is 46.0. The highest BCUT2D eigenvalue weighted by atomic mass is 16.6. The molecule has 1 aliphatic heterocycles. The molecular formula is C12H16O6. The minimum absolute atomic E-state index is 0.252. The highest BCUT2D eigenvalue weighted by molar-refractivity contribution is 5.95. The second-order valence-electron chi connectivity index (χ2n) is 4.27. The van der Waals surface area contributed by atoms with E-state index >= 15 is 0 Å². The first-order chi connectivity index (χ1) is 8.43. The Morgan fingerprint density at radius 3 is 1.89 bits per heavy atom. The Labute approximate surface area is 105 Å². The van der Waals surface area contributed by atoms with E-state index in [0.29, 0.717) is 12.8 Å². The van der Waals surface area contributed by atoms with Crippen LogP contribution in [0.5, 0.6) is 0 Å². The van der Waals surface area contributed by atoms with Gasteiger partial charge in [-0.05, 0) is 12.8 Å². The van der Waals surface area contributed by atoms with Gasteiger partial charge in [-0.1, -0.05) is 13.8 Å². The molecule has 18 heavy (non-hydrogen) atoms. The van der Waals surface area contributed by atoms with Gasteiger partial charge in [0.2, 0.25) is 0 Å². The molecule has 6 nitrogen and oxygen atoms in total. The van der Waals surface area contributed by atoms with Gasteiger partial charge in [-0.25, -0.2) is 0 Å². The lowest BCUT2D eigenvalue weighted by Gasteiger charge is -2.27. The van der Waals surface area contributed by atoms with Crippen LogP contribution in [0, 0.1) is 5.41 Å². The molecule has 1 rings (SSSR count). The lowest BCUT2D eigenvalue weighted by Crippen LogP contribution is -2.37. The number of ether oxygens (including phenoxy) is 2. The van der Waals surface area contributed by atoms with Crippen molar-refractivity contribution >= 4 is 23.9 Å². The summed E-state index contributed by atoms with van der Waals surface area (Å²) in [6.45, 7) is 3.44. The maximum Gasteiger partial charge on any atom is 0.320 e. The van der Waals surface area contributed by atoms with E-state index < -0.39 is 29.3 Å². The second-order valence-corrected chi connectivity index (χ2v) is 4.27. The van der Waals surface area contributed by atoms with Gasteiger partial charge >= 0.3 is 23.9 Å². The molecule has 0 N–H and O–H groups in total. The zero-order valence-corrected chi connectivity index (χ0v) is 10.5. The van der Waals surface area contributed by atoms with E-state index in [0.717, 1.165) is 0 Å². The molecule has 0 aromatic rings. The fraction of sp³-hybridized carbons (Fsp3) is 0.667. The van der Waals surface area contributed by atoms with E-state index in [1.165, 1.54) is 0 Å². The monoisotopic (exact) mass is 256 g/mol. The molecule has 0 amide bonds. The third kappa shape index (κ3) is 3.15. The maximum absolute atomic E-state index is 11.9. The first-order valence-electron chi connectivity index (χ1n) is 5.92. The lowest BCUT2D eigenvalue weighted by atomic mass is 9.79. The zero-order chi connectivity index (χ0) is 13.8. The minimum Gasteiger partial charge on any atom is -0.393 e. The van der Waals surface area contributed by atoms with Gasteiger partial charge < -0.3 is 9.47 Å². The molecule has 0 aromatic heterocycles. The molecule has 0 aromatic carbocycles. The highest BCUT2D eigenvalue weighted by Crippen LogP contribution is 2.33. The summed E-state index contributed by atoms with van der Waals surface area (Å²) in [5.74, 6) is -3.01. The van der Waals surface area contributed by atoms with Crippen LogP contribution in [0.4, 0.5) is 0 Å². The van der Waals surface area contributed by atoms with Gasteiger partial charge in [-0.3, -0.25) is 19.2 Å². The van der Waals surface area contributed by atoms with Gasteiger partial charge in [0, 0.05) is 0 Å². The van der Waals surface area contributed by atoms with E-state index in [2.05, 4.69) is 9.47 Å². The molecule has 0 atom stereocenters. The number of rotatable bonds is 2.